The SMILES string of the molecule is CN(Cc1ccccc1C(F)(F)F)C1CCN(CCCc2c[nH]c3ccc(-n4cnnc4)cc23)CC1F. The van der Waals surface area contributed by atoms with E-state index in [-0.39, 0.29) is 12.1 Å². The number of aryl methyl sites for hydroxylation is 1. The third-order valence-corrected chi connectivity index (χ3v) is 7.29. The monoisotopic (exact) mass is 514 g/mol. The third-order valence-electron chi connectivity index (χ3n) is 7.29. The average molecular weight is 515 g/mol. The van der Waals surface area contributed by atoms with Gasteiger partial charge in [-0.25, -0.2) is 4.39 Å². The van der Waals surface area contributed by atoms with Gasteiger partial charge in [-0.1, -0.05) is 18.2 Å². The fraction of sp³-hybridized carbons (Fsp3) is 0.407. The maximum Gasteiger partial charge on any atom is 0.416 e. The normalized spacial score (nSPS) is 19.2. The zero-order valence-electron chi connectivity index (χ0n) is 20.6. The van der Waals surface area contributed by atoms with E-state index in [9.17, 15) is 13.2 Å². The molecule has 0 radical (unpaired) electrons. The summed E-state index contributed by atoms with van der Waals surface area (Å²) in [4.78, 5) is 7.17. The molecule has 3 heterocycles. The van der Waals surface area contributed by atoms with Gasteiger partial charge in [-0.2, -0.15) is 13.2 Å². The lowest BCUT2D eigenvalue weighted by Crippen LogP contribution is -2.51. The van der Waals surface area contributed by atoms with Crippen molar-refractivity contribution in [3.63, 3.8) is 0 Å². The highest BCUT2D eigenvalue weighted by molar-refractivity contribution is 5.85. The second kappa shape index (κ2) is 10.6. The number of piperidine rings is 1. The van der Waals surface area contributed by atoms with E-state index in [4.69, 9.17) is 0 Å². The van der Waals surface area contributed by atoms with Crippen LogP contribution in [-0.4, -0.2) is 68.4 Å². The summed E-state index contributed by atoms with van der Waals surface area (Å²) in [5.41, 5.74) is 2.79. The fourth-order valence-electron chi connectivity index (χ4n) is 5.34. The zero-order chi connectivity index (χ0) is 26.0. The van der Waals surface area contributed by atoms with Crippen LogP contribution in [0.4, 0.5) is 17.6 Å². The number of nitrogens with zero attached hydrogens (tertiary/aromatic N) is 5. The summed E-state index contributed by atoms with van der Waals surface area (Å²) < 4.78 is 57.1. The maximum absolute atomic E-state index is 15.2. The number of fused-ring (bicyclic) bond motifs is 1. The molecule has 6 nitrogen and oxygen atoms in total. The van der Waals surface area contributed by atoms with E-state index < -0.39 is 24.0 Å². The lowest BCUT2D eigenvalue weighted by molar-refractivity contribution is -0.138. The second-order valence-corrected chi connectivity index (χ2v) is 9.76. The average Bonchev–Trinajstić information content (AvgIpc) is 3.54. The van der Waals surface area contributed by atoms with Crippen molar-refractivity contribution in [2.45, 2.75) is 44.2 Å². The number of aromatic amines is 1. The lowest BCUT2D eigenvalue weighted by atomic mass is 9.99. The first-order valence-corrected chi connectivity index (χ1v) is 12.5. The van der Waals surface area contributed by atoms with Crippen LogP contribution in [0.15, 0.2) is 61.3 Å². The first kappa shape index (κ1) is 25.4. The van der Waals surface area contributed by atoms with E-state index in [1.807, 2.05) is 22.9 Å². The molecule has 2 unspecified atom stereocenters. The van der Waals surface area contributed by atoms with Crippen LogP contribution in [0.5, 0.6) is 0 Å². The fourth-order valence-corrected chi connectivity index (χ4v) is 5.34. The van der Waals surface area contributed by atoms with Gasteiger partial charge >= 0.3 is 6.18 Å². The molecule has 2 aromatic carbocycles. The molecule has 1 fully saturated rings. The van der Waals surface area contributed by atoms with Crippen LogP contribution in [0, 0.1) is 0 Å². The van der Waals surface area contributed by atoms with E-state index in [2.05, 4.69) is 26.1 Å². The van der Waals surface area contributed by atoms with E-state index >= 15 is 4.39 Å². The van der Waals surface area contributed by atoms with Crippen LogP contribution in [-0.2, 0) is 19.1 Å². The predicted molar refractivity (Wildman–Crippen MR) is 134 cm³/mol. The minimum Gasteiger partial charge on any atom is -0.361 e. The molecule has 0 spiro atoms. The van der Waals surface area contributed by atoms with Crippen LogP contribution in [0.3, 0.4) is 0 Å². The molecular formula is C27H30F4N6. The van der Waals surface area contributed by atoms with Crippen molar-refractivity contribution in [2.75, 3.05) is 26.7 Å². The molecule has 1 aliphatic rings. The zero-order valence-corrected chi connectivity index (χ0v) is 20.6. The number of benzene rings is 2. The Morgan fingerprint density at radius 3 is 2.62 bits per heavy atom. The van der Waals surface area contributed by atoms with E-state index in [0.717, 1.165) is 48.6 Å². The van der Waals surface area contributed by atoms with Crippen molar-refractivity contribution in [3.8, 4) is 5.69 Å². The van der Waals surface area contributed by atoms with Crippen molar-refractivity contribution in [3.05, 3.63) is 78.0 Å². The van der Waals surface area contributed by atoms with Gasteiger partial charge < -0.3 is 9.88 Å². The Hall–Kier alpha value is -3.24. The summed E-state index contributed by atoms with van der Waals surface area (Å²) in [6, 6.07) is 11.3. The van der Waals surface area contributed by atoms with Gasteiger partial charge in [-0.05, 0) is 74.8 Å². The van der Waals surface area contributed by atoms with Gasteiger partial charge in [0.2, 0.25) is 0 Å². The Bertz CT molecular complexity index is 1320. The molecule has 2 atom stereocenters. The summed E-state index contributed by atoms with van der Waals surface area (Å²) in [6.45, 7) is 1.85. The van der Waals surface area contributed by atoms with Gasteiger partial charge in [0, 0.05) is 41.9 Å². The number of aromatic nitrogens is 4. The van der Waals surface area contributed by atoms with Gasteiger partial charge in [0.25, 0.3) is 0 Å². The number of nitrogens with one attached hydrogen (secondary N) is 1. The van der Waals surface area contributed by atoms with Crippen molar-refractivity contribution in [2.24, 2.45) is 0 Å². The Labute approximate surface area is 212 Å². The van der Waals surface area contributed by atoms with Gasteiger partial charge in [-0.3, -0.25) is 9.47 Å². The van der Waals surface area contributed by atoms with E-state index in [1.54, 1.807) is 30.7 Å². The smallest absolute Gasteiger partial charge is 0.361 e. The number of H-pyrrole nitrogens is 1. The van der Waals surface area contributed by atoms with Crippen molar-refractivity contribution in [1.82, 2.24) is 29.5 Å². The Kier molecular flexibility index (Phi) is 7.30. The third kappa shape index (κ3) is 5.70. The molecule has 0 saturated carbocycles. The minimum absolute atomic E-state index is 0.0679. The van der Waals surface area contributed by atoms with Crippen molar-refractivity contribution >= 4 is 10.9 Å². The molecule has 196 valence electrons. The topological polar surface area (TPSA) is 53.0 Å². The summed E-state index contributed by atoms with van der Waals surface area (Å²) in [5, 5.41) is 8.88. The Morgan fingerprint density at radius 2 is 1.86 bits per heavy atom. The maximum atomic E-state index is 15.2. The van der Waals surface area contributed by atoms with Crippen LogP contribution in [0.25, 0.3) is 16.6 Å². The van der Waals surface area contributed by atoms with Gasteiger partial charge in [0.1, 0.15) is 18.8 Å². The van der Waals surface area contributed by atoms with Gasteiger partial charge in [-0.15, -0.1) is 10.2 Å². The molecule has 5 rings (SSSR count). The quantitative estimate of drug-likeness (QED) is 0.327. The standard InChI is InChI=1S/C27H30F4N6/c1-35(15-20-5-2-3-7-23(20)27(29,30)31)26-10-12-36(16-24(26)28)11-4-6-19-14-32-25-9-8-21(13-22(19)25)37-17-33-34-18-37/h2-3,5,7-9,13-14,17-18,24,26,32H,4,6,10-12,15-16H2,1H3. The summed E-state index contributed by atoms with van der Waals surface area (Å²) in [5.74, 6) is 0. The number of halogens is 4. The van der Waals surface area contributed by atoms with E-state index in [0.29, 0.717) is 13.0 Å². The molecule has 4 aromatic rings. The summed E-state index contributed by atoms with van der Waals surface area (Å²) >= 11 is 0. The highest BCUT2D eigenvalue weighted by atomic mass is 19.4. The van der Waals surface area contributed by atoms with E-state index in [1.165, 1.54) is 17.7 Å². The molecule has 2 aromatic heterocycles. The largest absolute Gasteiger partial charge is 0.416 e. The molecule has 10 heteroatoms. The molecule has 0 amide bonds. The first-order valence-electron chi connectivity index (χ1n) is 12.5. The molecular weight excluding hydrogens is 484 g/mol. The lowest BCUT2D eigenvalue weighted by Gasteiger charge is -2.39. The Balaban J connectivity index is 1.15. The molecule has 1 N–H and O–H groups in total. The number of hydrogen-bond donors (Lipinski definition) is 1. The highest BCUT2D eigenvalue weighted by Crippen LogP contribution is 2.33. The molecule has 37 heavy (non-hydrogen) atoms. The van der Waals surface area contributed by atoms with Crippen molar-refractivity contribution in [1.29, 1.82) is 0 Å². The highest BCUT2D eigenvalue weighted by Gasteiger charge is 2.35. The number of hydrogen-bond acceptors (Lipinski definition) is 4. The molecule has 1 saturated heterocycles. The van der Waals surface area contributed by atoms with Crippen LogP contribution in [0.2, 0.25) is 0 Å². The Morgan fingerprint density at radius 1 is 1.08 bits per heavy atom. The summed E-state index contributed by atoms with van der Waals surface area (Å²) in [7, 11) is 1.71. The van der Waals surface area contributed by atoms with Crippen LogP contribution in [0.1, 0.15) is 29.5 Å². The predicted octanol–water partition coefficient (Wildman–Crippen LogP) is 5.24. The molecule has 1 aliphatic heterocycles. The van der Waals surface area contributed by atoms with Crippen LogP contribution < -0.4 is 0 Å². The first-order chi connectivity index (χ1) is 17.8. The number of alkyl halides is 4. The van der Waals surface area contributed by atoms with Crippen LogP contribution >= 0.6 is 0 Å². The van der Waals surface area contributed by atoms with Gasteiger partial charge in [0.05, 0.1) is 5.56 Å². The number of rotatable bonds is 8. The minimum atomic E-state index is -4.42. The van der Waals surface area contributed by atoms with Gasteiger partial charge in [0.15, 0.2) is 0 Å². The molecule has 0 bridgehead atoms. The number of likely N-dealkylation sites (tertiary alicyclic amines) is 1. The summed E-state index contributed by atoms with van der Waals surface area (Å²) in [6.07, 6.45) is 2.15. The molecule has 0 aliphatic carbocycles. The van der Waals surface area contributed by atoms with Crippen molar-refractivity contribution < 1.29 is 17.6 Å². The second-order valence-electron chi connectivity index (χ2n) is 9.76.